The molecule has 3 nitrogen and oxygen atoms in total. The number of para-hydroxylation sites is 2. The predicted octanol–water partition coefficient (Wildman–Crippen LogP) is 5.24. The van der Waals surface area contributed by atoms with E-state index in [9.17, 15) is 0 Å². The molecule has 140 valence electrons. The van der Waals surface area contributed by atoms with E-state index in [1.807, 2.05) is 0 Å². The van der Waals surface area contributed by atoms with Gasteiger partial charge in [-0.2, -0.15) is 0 Å². The summed E-state index contributed by atoms with van der Waals surface area (Å²) in [6, 6.07) is 8.57. The first-order valence-electron chi connectivity index (χ1n) is 9.56. The van der Waals surface area contributed by atoms with Gasteiger partial charge in [0, 0.05) is 19.5 Å². The van der Waals surface area contributed by atoms with Gasteiger partial charge < -0.3 is 9.47 Å². The van der Waals surface area contributed by atoms with E-state index in [1.165, 1.54) is 17.8 Å². The van der Waals surface area contributed by atoms with Crippen LogP contribution in [0.4, 0.5) is 0 Å². The van der Waals surface area contributed by atoms with Crippen molar-refractivity contribution < 1.29 is 0 Å². The van der Waals surface area contributed by atoms with Crippen LogP contribution in [0.2, 0.25) is 0 Å². The van der Waals surface area contributed by atoms with Gasteiger partial charge in [0.1, 0.15) is 5.82 Å². The minimum atomic E-state index is 0.203. The third-order valence-electron chi connectivity index (χ3n) is 4.56. The molecule has 2 rings (SSSR count). The molecule has 0 aliphatic carbocycles. The highest BCUT2D eigenvalue weighted by molar-refractivity contribution is 5.75. The average molecular weight is 344 g/mol. The van der Waals surface area contributed by atoms with Crippen molar-refractivity contribution in [2.45, 2.75) is 60.9 Å². The third-order valence-corrected chi connectivity index (χ3v) is 4.56. The van der Waals surface area contributed by atoms with Crippen LogP contribution < -0.4 is 0 Å². The minimum absolute atomic E-state index is 0.203. The molecule has 0 amide bonds. The molecule has 1 unspecified atom stereocenters. The average Bonchev–Trinajstić information content (AvgIpc) is 2.72. The van der Waals surface area contributed by atoms with Crippen molar-refractivity contribution >= 4 is 11.0 Å². The summed E-state index contributed by atoms with van der Waals surface area (Å²) in [4.78, 5) is 7.27. The number of nitrogens with zero attached hydrogens (tertiary/aromatic N) is 3. The Hall–Kier alpha value is -1.35. The van der Waals surface area contributed by atoms with Gasteiger partial charge in [-0.15, -0.1) is 0 Å². The van der Waals surface area contributed by atoms with Crippen LogP contribution in [0.1, 0.15) is 53.8 Å². The summed E-state index contributed by atoms with van der Waals surface area (Å²) in [6.07, 6.45) is 2.27. The van der Waals surface area contributed by atoms with Crippen LogP contribution in [0, 0.1) is 16.7 Å². The second-order valence-electron chi connectivity index (χ2n) is 10.1. The van der Waals surface area contributed by atoms with E-state index in [2.05, 4.69) is 89.4 Å². The first kappa shape index (κ1) is 20.0. The van der Waals surface area contributed by atoms with Gasteiger partial charge in [-0.05, 0) is 49.4 Å². The lowest BCUT2D eigenvalue weighted by Crippen LogP contribution is -2.33. The fourth-order valence-electron chi connectivity index (χ4n) is 4.22. The van der Waals surface area contributed by atoms with E-state index in [4.69, 9.17) is 4.98 Å². The Morgan fingerprint density at radius 2 is 1.72 bits per heavy atom. The van der Waals surface area contributed by atoms with Crippen LogP contribution in [-0.4, -0.2) is 35.1 Å². The predicted molar refractivity (Wildman–Crippen MR) is 109 cm³/mol. The maximum absolute atomic E-state index is 5.00. The van der Waals surface area contributed by atoms with Gasteiger partial charge in [0.15, 0.2) is 0 Å². The Balaban J connectivity index is 2.33. The van der Waals surface area contributed by atoms with Crippen LogP contribution >= 0.6 is 0 Å². The minimum Gasteiger partial charge on any atom is -0.327 e. The number of rotatable bonds is 7. The van der Waals surface area contributed by atoms with Crippen molar-refractivity contribution in [2.24, 2.45) is 16.7 Å². The molecule has 0 saturated carbocycles. The van der Waals surface area contributed by atoms with E-state index in [-0.39, 0.29) is 5.41 Å². The van der Waals surface area contributed by atoms with Crippen LogP contribution in [-0.2, 0) is 13.0 Å². The van der Waals surface area contributed by atoms with Gasteiger partial charge in [0.25, 0.3) is 0 Å². The fourth-order valence-corrected chi connectivity index (χ4v) is 4.22. The van der Waals surface area contributed by atoms with Crippen LogP contribution in [0.15, 0.2) is 24.3 Å². The van der Waals surface area contributed by atoms with Gasteiger partial charge in [-0.1, -0.05) is 53.7 Å². The SMILES string of the molecule is CC(Cc1nc2ccccc2n1CC(C)(C)CN(C)C)CC(C)(C)C. The first-order chi connectivity index (χ1) is 11.5. The Morgan fingerprint density at radius 3 is 2.32 bits per heavy atom. The third kappa shape index (κ3) is 5.85. The lowest BCUT2D eigenvalue weighted by Gasteiger charge is -2.30. The van der Waals surface area contributed by atoms with Gasteiger partial charge in [-0.3, -0.25) is 0 Å². The molecule has 0 N–H and O–H groups in total. The molecule has 0 radical (unpaired) electrons. The molecule has 1 aromatic heterocycles. The molecule has 3 heteroatoms. The number of benzene rings is 1. The van der Waals surface area contributed by atoms with Gasteiger partial charge in [0.2, 0.25) is 0 Å². The van der Waals surface area contributed by atoms with Crippen molar-refractivity contribution in [3.8, 4) is 0 Å². The topological polar surface area (TPSA) is 21.1 Å². The van der Waals surface area contributed by atoms with Crippen molar-refractivity contribution in [3.63, 3.8) is 0 Å². The van der Waals surface area contributed by atoms with Gasteiger partial charge >= 0.3 is 0 Å². The van der Waals surface area contributed by atoms with E-state index in [1.54, 1.807) is 0 Å². The van der Waals surface area contributed by atoms with Gasteiger partial charge in [0.05, 0.1) is 11.0 Å². The van der Waals surface area contributed by atoms with E-state index in [0.717, 1.165) is 25.0 Å². The highest BCUT2D eigenvalue weighted by Crippen LogP contribution is 2.29. The van der Waals surface area contributed by atoms with Crippen LogP contribution in [0.25, 0.3) is 11.0 Å². The van der Waals surface area contributed by atoms with E-state index < -0.39 is 0 Å². The maximum Gasteiger partial charge on any atom is 0.110 e. The number of fused-ring (bicyclic) bond motifs is 1. The quantitative estimate of drug-likeness (QED) is 0.685. The highest BCUT2D eigenvalue weighted by atomic mass is 15.1. The monoisotopic (exact) mass is 343 g/mol. The molecule has 1 atom stereocenters. The zero-order valence-electron chi connectivity index (χ0n) is 17.6. The number of hydrogen-bond donors (Lipinski definition) is 0. The zero-order valence-corrected chi connectivity index (χ0v) is 17.6. The largest absolute Gasteiger partial charge is 0.327 e. The first-order valence-corrected chi connectivity index (χ1v) is 9.56. The molecular formula is C22H37N3. The summed E-state index contributed by atoms with van der Waals surface area (Å²) >= 11 is 0. The molecule has 25 heavy (non-hydrogen) atoms. The summed E-state index contributed by atoms with van der Waals surface area (Å²) in [6.45, 7) is 16.1. The Labute approximate surface area is 154 Å². The Morgan fingerprint density at radius 1 is 1.08 bits per heavy atom. The van der Waals surface area contributed by atoms with Crippen molar-refractivity contribution in [3.05, 3.63) is 30.1 Å². The summed E-state index contributed by atoms with van der Waals surface area (Å²) in [7, 11) is 4.31. The number of hydrogen-bond acceptors (Lipinski definition) is 2. The Kier molecular flexibility index (Phi) is 5.98. The molecule has 0 fully saturated rings. The lowest BCUT2D eigenvalue weighted by atomic mass is 9.84. The Bertz CT molecular complexity index is 689. The van der Waals surface area contributed by atoms with E-state index >= 15 is 0 Å². The van der Waals surface area contributed by atoms with Gasteiger partial charge in [-0.25, -0.2) is 4.98 Å². The molecule has 0 aliphatic heterocycles. The molecule has 0 saturated heterocycles. The van der Waals surface area contributed by atoms with Crippen molar-refractivity contribution in [2.75, 3.05) is 20.6 Å². The molecule has 0 aliphatic rings. The number of imidazole rings is 1. The molecule has 0 bridgehead atoms. The molecule has 0 spiro atoms. The van der Waals surface area contributed by atoms with Crippen molar-refractivity contribution in [1.29, 1.82) is 0 Å². The second kappa shape index (κ2) is 7.49. The molecule has 1 aromatic carbocycles. The normalized spacial score (nSPS) is 14.4. The fraction of sp³-hybridized carbons (Fsp3) is 0.682. The summed E-state index contributed by atoms with van der Waals surface area (Å²) in [5.74, 6) is 1.87. The smallest absolute Gasteiger partial charge is 0.110 e. The molecular weight excluding hydrogens is 306 g/mol. The van der Waals surface area contributed by atoms with E-state index in [0.29, 0.717) is 11.3 Å². The second-order valence-corrected chi connectivity index (χ2v) is 10.1. The van der Waals surface area contributed by atoms with Crippen LogP contribution in [0.5, 0.6) is 0 Å². The van der Waals surface area contributed by atoms with Crippen LogP contribution in [0.3, 0.4) is 0 Å². The summed E-state index contributed by atoms with van der Waals surface area (Å²) in [5.41, 5.74) is 2.96. The molecule has 1 heterocycles. The standard InChI is InChI=1S/C22H37N3/c1-17(14-21(2,3)4)13-20-23-18-11-9-10-12-19(18)25(20)16-22(5,6)15-24(7)8/h9-12,17H,13-16H2,1-8H3. The highest BCUT2D eigenvalue weighted by Gasteiger charge is 2.24. The van der Waals surface area contributed by atoms with Crippen molar-refractivity contribution in [1.82, 2.24) is 14.5 Å². The molecule has 2 aromatic rings. The lowest BCUT2D eigenvalue weighted by molar-refractivity contribution is 0.210. The zero-order chi connectivity index (χ0) is 18.8. The number of aromatic nitrogens is 2. The summed E-state index contributed by atoms with van der Waals surface area (Å²) < 4.78 is 2.47. The maximum atomic E-state index is 5.00. The summed E-state index contributed by atoms with van der Waals surface area (Å²) in [5, 5.41) is 0.